The van der Waals surface area contributed by atoms with Gasteiger partial charge in [-0.1, -0.05) is 6.07 Å². The number of aromatic nitrogens is 2. The van der Waals surface area contributed by atoms with E-state index in [4.69, 9.17) is 4.74 Å². The summed E-state index contributed by atoms with van der Waals surface area (Å²) >= 11 is 0. The van der Waals surface area contributed by atoms with Crippen molar-refractivity contribution in [2.75, 3.05) is 22.6 Å². The van der Waals surface area contributed by atoms with Gasteiger partial charge in [0.05, 0.1) is 6.61 Å². The van der Waals surface area contributed by atoms with Crippen molar-refractivity contribution >= 4 is 34.6 Å². The quantitative estimate of drug-likeness (QED) is 0.556. The molecule has 0 spiro atoms. The molecule has 0 unspecified atom stereocenters. The first-order valence-corrected chi connectivity index (χ1v) is 9.02. The van der Waals surface area contributed by atoms with Crippen LogP contribution in [0.5, 0.6) is 5.75 Å². The topological polar surface area (TPSA) is 88.2 Å². The van der Waals surface area contributed by atoms with Crippen LogP contribution in [0.25, 0.3) is 0 Å². The van der Waals surface area contributed by atoms with Crippen LogP contribution in [0.2, 0.25) is 0 Å². The molecule has 0 aliphatic carbocycles. The van der Waals surface area contributed by atoms with Crippen LogP contribution in [0.15, 0.2) is 54.6 Å². The highest BCUT2D eigenvalue weighted by molar-refractivity contribution is 5.89. The summed E-state index contributed by atoms with van der Waals surface area (Å²) in [6.07, 6.45) is 0. The van der Waals surface area contributed by atoms with Gasteiger partial charge >= 0.3 is 0 Å². The Kier molecular flexibility index (Phi) is 6.06. The molecule has 28 heavy (non-hydrogen) atoms. The number of hydrogen-bond donors (Lipinski definition) is 3. The summed E-state index contributed by atoms with van der Waals surface area (Å²) in [6.45, 7) is 5.90. The van der Waals surface area contributed by atoms with E-state index in [0.717, 1.165) is 22.8 Å². The van der Waals surface area contributed by atoms with Gasteiger partial charge in [0.25, 0.3) is 0 Å². The van der Waals surface area contributed by atoms with Crippen LogP contribution in [0.4, 0.5) is 28.7 Å². The number of aryl methyl sites for hydroxylation is 1. The summed E-state index contributed by atoms with van der Waals surface area (Å²) in [5.41, 5.74) is 2.44. The molecule has 0 aliphatic rings. The Bertz CT molecular complexity index is 957. The van der Waals surface area contributed by atoms with E-state index in [0.29, 0.717) is 24.1 Å². The first-order valence-electron chi connectivity index (χ1n) is 9.02. The highest BCUT2D eigenvalue weighted by Gasteiger charge is 2.05. The highest BCUT2D eigenvalue weighted by Crippen LogP contribution is 2.23. The van der Waals surface area contributed by atoms with Crippen molar-refractivity contribution in [3.05, 3.63) is 60.4 Å². The summed E-state index contributed by atoms with van der Waals surface area (Å²) in [4.78, 5) is 20.1. The summed E-state index contributed by atoms with van der Waals surface area (Å²) in [7, 11) is 0. The highest BCUT2D eigenvalue weighted by atomic mass is 16.5. The van der Waals surface area contributed by atoms with E-state index in [9.17, 15) is 4.79 Å². The van der Waals surface area contributed by atoms with Crippen molar-refractivity contribution in [2.45, 2.75) is 20.8 Å². The average Bonchev–Trinajstić information content (AvgIpc) is 2.63. The van der Waals surface area contributed by atoms with Crippen LogP contribution in [-0.2, 0) is 4.79 Å². The smallest absolute Gasteiger partial charge is 0.221 e. The number of amides is 1. The number of carbonyl (C=O) groups is 1. The maximum atomic E-state index is 11.2. The van der Waals surface area contributed by atoms with Gasteiger partial charge in [-0.3, -0.25) is 4.79 Å². The van der Waals surface area contributed by atoms with Crippen molar-refractivity contribution in [3.63, 3.8) is 0 Å². The van der Waals surface area contributed by atoms with Gasteiger partial charge in [0.15, 0.2) is 0 Å². The summed E-state index contributed by atoms with van der Waals surface area (Å²) in [5.74, 6) is 2.68. The number of nitrogens with one attached hydrogen (secondary N) is 3. The molecular formula is C21H23N5O2. The molecule has 0 saturated carbocycles. The molecule has 1 amide bonds. The van der Waals surface area contributed by atoms with Gasteiger partial charge < -0.3 is 20.7 Å². The number of rotatable bonds is 7. The Morgan fingerprint density at radius 3 is 2.21 bits per heavy atom. The molecular weight excluding hydrogens is 354 g/mol. The molecule has 0 atom stereocenters. The second kappa shape index (κ2) is 8.85. The molecule has 7 heteroatoms. The zero-order valence-electron chi connectivity index (χ0n) is 16.1. The minimum absolute atomic E-state index is 0.114. The zero-order valence-corrected chi connectivity index (χ0v) is 16.1. The fraction of sp³-hybridized carbons (Fsp3) is 0.190. The first kappa shape index (κ1) is 19.2. The third-order valence-electron chi connectivity index (χ3n) is 3.73. The number of carbonyl (C=O) groups excluding carboxylic acids is 1. The minimum atomic E-state index is -0.114. The first-order chi connectivity index (χ1) is 13.5. The lowest BCUT2D eigenvalue weighted by molar-refractivity contribution is -0.114. The van der Waals surface area contributed by atoms with Gasteiger partial charge in [-0.2, -0.15) is 0 Å². The van der Waals surface area contributed by atoms with Crippen LogP contribution in [0.3, 0.4) is 0 Å². The summed E-state index contributed by atoms with van der Waals surface area (Å²) in [6, 6.07) is 17.0. The molecule has 1 heterocycles. The maximum absolute atomic E-state index is 11.2. The van der Waals surface area contributed by atoms with Crippen molar-refractivity contribution in [3.8, 4) is 5.75 Å². The Labute approximate surface area is 164 Å². The largest absolute Gasteiger partial charge is 0.494 e. The van der Waals surface area contributed by atoms with Crippen LogP contribution in [0.1, 0.15) is 19.7 Å². The lowest BCUT2D eigenvalue weighted by Crippen LogP contribution is -2.06. The van der Waals surface area contributed by atoms with Gasteiger partial charge in [0, 0.05) is 30.1 Å². The Morgan fingerprint density at radius 2 is 1.57 bits per heavy atom. The third-order valence-corrected chi connectivity index (χ3v) is 3.73. The number of nitrogens with zero attached hydrogens (tertiary/aromatic N) is 2. The van der Waals surface area contributed by atoms with Crippen molar-refractivity contribution in [1.29, 1.82) is 0 Å². The minimum Gasteiger partial charge on any atom is -0.494 e. The molecule has 3 rings (SSSR count). The van der Waals surface area contributed by atoms with Crippen molar-refractivity contribution < 1.29 is 9.53 Å². The monoisotopic (exact) mass is 377 g/mol. The van der Waals surface area contributed by atoms with E-state index in [1.807, 2.05) is 68.4 Å². The Hall–Kier alpha value is -3.61. The third kappa shape index (κ3) is 5.44. The molecule has 0 fully saturated rings. The van der Waals surface area contributed by atoms with Crippen LogP contribution in [-0.4, -0.2) is 22.5 Å². The van der Waals surface area contributed by atoms with E-state index in [2.05, 4.69) is 25.9 Å². The van der Waals surface area contributed by atoms with Crippen LogP contribution in [0, 0.1) is 6.92 Å². The lowest BCUT2D eigenvalue weighted by Gasteiger charge is -2.12. The molecule has 144 valence electrons. The SMILES string of the molecule is CCOc1ccc(Nc2cc(Nc3cccc(NC(C)=O)c3)nc(C)n2)cc1. The number of benzene rings is 2. The molecule has 0 bridgehead atoms. The normalized spacial score (nSPS) is 10.2. The molecule has 7 nitrogen and oxygen atoms in total. The summed E-state index contributed by atoms with van der Waals surface area (Å²) < 4.78 is 5.46. The van der Waals surface area contributed by atoms with E-state index >= 15 is 0 Å². The molecule has 3 N–H and O–H groups in total. The molecule has 3 aromatic rings. The van der Waals surface area contributed by atoms with Crippen molar-refractivity contribution in [1.82, 2.24) is 9.97 Å². The van der Waals surface area contributed by atoms with E-state index < -0.39 is 0 Å². The van der Waals surface area contributed by atoms with Crippen molar-refractivity contribution in [2.24, 2.45) is 0 Å². The van der Waals surface area contributed by atoms with Gasteiger partial charge in [-0.05, 0) is 56.3 Å². The van der Waals surface area contributed by atoms with E-state index in [-0.39, 0.29) is 5.91 Å². The molecule has 1 aromatic heterocycles. The number of hydrogen-bond acceptors (Lipinski definition) is 6. The second-order valence-corrected chi connectivity index (χ2v) is 6.16. The predicted octanol–water partition coefficient (Wildman–Crippen LogP) is 4.63. The van der Waals surface area contributed by atoms with Gasteiger partial charge in [-0.25, -0.2) is 9.97 Å². The molecule has 2 aromatic carbocycles. The van der Waals surface area contributed by atoms with Gasteiger partial charge in [-0.15, -0.1) is 0 Å². The predicted molar refractivity (Wildman–Crippen MR) is 112 cm³/mol. The number of ether oxygens (including phenoxy) is 1. The van der Waals surface area contributed by atoms with Crippen LogP contribution < -0.4 is 20.7 Å². The van der Waals surface area contributed by atoms with E-state index in [1.165, 1.54) is 6.92 Å². The molecule has 0 radical (unpaired) electrons. The Balaban J connectivity index is 1.75. The zero-order chi connectivity index (χ0) is 19.9. The standard InChI is InChI=1S/C21H23N5O2/c1-4-28-19-10-8-16(9-11-19)25-20-13-21(23-14(2)22-20)26-18-7-5-6-17(12-18)24-15(3)27/h5-13H,4H2,1-3H3,(H,24,27)(H2,22,23,25,26). The fourth-order valence-electron chi connectivity index (χ4n) is 2.67. The number of anilines is 5. The van der Waals surface area contributed by atoms with Gasteiger partial charge in [0.1, 0.15) is 23.2 Å². The molecule has 0 saturated heterocycles. The lowest BCUT2D eigenvalue weighted by atomic mass is 10.2. The molecule has 0 aliphatic heterocycles. The van der Waals surface area contributed by atoms with Gasteiger partial charge in [0.2, 0.25) is 5.91 Å². The fourth-order valence-corrected chi connectivity index (χ4v) is 2.67. The second-order valence-electron chi connectivity index (χ2n) is 6.16. The average molecular weight is 377 g/mol. The van der Waals surface area contributed by atoms with Crippen LogP contribution >= 0.6 is 0 Å². The summed E-state index contributed by atoms with van der Waals surface area (Å²) in [5, 5.41) is 9.29. The van der Waals surface area contributed by atoms with E-state index in [1.54, 1.807) is 0 Å². The Morgan fingerprint density at radius 1 is 0.929 bits per heavy atom. The maximum Gasteiger partial charge on any atom is 0.221 e.